The Balaban J connectivity index is 2.26. The van der Waals surface area contributed by atoms with Crippen LogP contribution in [-0.4, -0.2) is 49.1 Å². The molecule has 1 atom stereocenters. The molecule has 0 aromatic heterocycles. The Kier molecular flexibility index (Phi) is 5.14. The summed E-state index contributed by atoms with van der Waals surface area (Å²) in [5, 5.41) is 2.80. The molecule has 2 rings (SSSR count). The molecule has 0 radical (unpaired) electrons. The van der Waals surface area contributed by atoms with Gasteiger partial charge in [0.15, 0.2) is 0 Å². The summed E-state index contributed by atoms with van der Waals surface area (Å²) >= 11 is 5.84. The summed E-state index contributed by atoms with van der Waals surface area (Å²) in [4.78, 5) is 25.8. The van der Waals surface area contributed by atoms with E-state index in [1.54, 1.807) is 6.92 Å². The van der Waals surface area contributed by atoms with Crippen LogP contribution in [0.2, 0.25) is 5.02 Å². The number of carbonyl (C=O) groups is 2. The van der Waals surface area contributed by atoms with Gasteiger partial charge in [0.1, 0.15) is 11.9 Å². The monoisotopic (exact) mass is 314 g/mol. The number of ether oxygens (including phenoxy) is 1. The van der Waals surface area contributed by atoms with Gasteiger partial charge in [-0.2, -0.15) is 0 Å². The number of benzene rings is 1. The van der Waals surface area contributed by atoms with Crippen LogP contribution in [0.4, 0.5) is 4.39 Å². The maximum Gasteiger partial charge on any atom is 0.330 e. The summed E-state index contributed by atoms with van der Waals surface area (Å²) in [5.74, 6) is -1.62. The van der Waals surface area contributed by atoms with Crippen LogP contribution >= 0.6 is 11.6 Å². The first-order valence-electron chi connectivity index (χ1n) is 6.68. The van der Waals surface area contributed by atoms with Gasteiger partial charge in [-0.3, -0.25) is 4.79 Å². The number of rotatable bonds is 3. The van der Waals surface area contributed by atoms with E-state index in [2.05, 4.69) is 5.32 Å². The highest BCUT2D eigenvalue weighted by Crippen LogP contribution is 2.22. The first-order chi connectivity index (χ1) is 10.1. The fraction of sp³-hybridized carbons (Fsp3) is 0.429. The Hall–Kier alpha value is -1.66. The molecule has 1 aromatic carbocycles. The summed E-state index contributed by atoms with van der Waals surface area (Å²) in [6.45, 7) is 3.11. The number of halogens is 2. The number of esters is 1. The summed E-state index contributed by atoms with van der Waals surface area (Å²) in [6.07, 6.45) is 0. The molecule has 1 aromatic rings. The molecule has 1 amide bonds. The molecule has 0 saturated carbocycles. The second kappa shape index (κ2) is 6.87. The lowest BCUT2D eigenvalue weighted by Gasteiger charge is -2.34. The average Bonchev–Trinajstić information content (AvgIpc) is 2.49. The van der Waals surface area contributed by atoms with Crippen molar-refractivity contribution in [3.05, 3.63) is 34.6 Å². The van der Waals surface area contributed by atoms with Crippen LogP contribution in [0.5, 0.6) is 0 Å². The van der Waals surface area contributed by atoms with Gasteiger partial charge in [0, 0.05) is 19.6 Å². The predicted octanol–water partition coefficient (Wildman–Crippen LogP) is 1.46. The van der Waals surface area contributed by atoms with Gasteiger partial charge >= 0.3 is 5.97 Å². The molecule has 1 aliphatic heterocycles. The zero-order valence-corrected chi connectivity index (χ0v) is 12.3. The van der Waals surface area contributed by atoms with E-state index in [4.69, 9.17) is 16.3 Å². The topological polar surface area (TPSA) is 58.6 Å². The lowest BCUT2D eigenvalue weighted by molar-refractivity contribution is -0.149. The lowest BCUT2D eigenvalue weighted by atomic mass is 10.1. The summed E-state index contributed by atoms with van der Waals surface area (Å²) < 4.78 is 18.4. The highest BCUT2D eigenvalue weighted by Gasteiger charge is 2.34. The quantitative estimate of drug-likeness (QED) is 0.858. The van der Waals surface area contributed by atoms with E-state index in [1.807, 2.05) is 0 Å². The molecule has 114 valence electrons. The predicted molar refractivity (Wildman–Crippen MR) is 75.7 cm³/mol. The van der Waals surface area contributed by atoms with E-state index in [1.165, 1.54) is 23.1 Å². The highest BCUT2D eigenvalue weighted by atomic mass is 35.5. The van der Waals surface area contributed by atoms with Crippen molar-refractivity contribution < 1.29 is 18.7 Å². The molecule has 0 bridgehead atoms. The second-order valence-corrected chi connectivity index (χ2v) is 4.95. The minimum absolute atomic E-state index is 0.0489. The van der Waals surface area contributed by atoms with Crippen molar-refractivity contribution in [3.63, 3.8) is 0 Å². The van der Waals surface area contributed by atoms with Gasteiger partial charge in [0.2, 0.25) is 0 Å². The smallest absolute Gasteiger partial charge is 0.330 e. The van der Waals surface area contributed by atoms with E-state index in [9.17, 15) is 14.0 Å². The number of piperazine rings is 1. The molecule has 1 saturated heterocycles. The molecule has 1 unspecified atom stereocenters. The van der Waals surface area contributed by atoms with Crippen molar-refractivity contribution in [3.8, 4) is 0 Å². The third kappa shape index (κ3) is 3.33. The lowest BCUT2D eigenvalue weighted by Crippen LogP contribution is -2.57. The van der Waals surface area contributed by atoms with E-state index >= 15 is 0 Å². The molecule has 1 N–H and O–H groups in total. The van der Waals surface area contributed by atoms with E-state index in [-0.39, 0.29) is 17.2 Å². The molecular formula is C14H16ClFN2O3. The van der Waals surface area contributed by atoms with Crippen molar-refractivity contribution >= 4 is 23.5 Å². The first-order valence-corrected chi connectivity index (χ1v) is 7.06. The Morgan fingerprint density at radius 2 is 2.29 bits per heavy atom. The molecule has 1 heterocycles. The maximum absolute atomic E-state index is 13.5. The molecule has 0 aliphatic carbocycles. The zero-order chi connectivity index (χ0) is 15.4. The van der Waals surface area contributed by atoms with Crippen molar-refractivity contribution in [2.45, 2.75) is 13.0 Å². The second-order valence-electron chi connectivity index (χ2n) is 4.57. The van der Waals surface area contributed by atoms with Gasteiger partial charge in [-0.1, -0.05) is 17.7 Å². The highest BCUT2D eigenvalue weighted by molar-refractivity contribution is 6.34. The molecule has 0 spiro atoms. The van der Waals surface area contributed by atoms with Crippen molar-refractivity contribution in [1.29, 1.82) is 0 Å². The Morgan fingerprint density at radius 1 is 1.52 bits per heavy atom. The average molecular weight is 315 g/mol. The third-order valence-electron chi connectivity index (χ3n) is 3.24. The fourth-order valence-electron chi connectivity index (χ4n) is 2.22. The minimum atomic E-state index is -0.731. The van der Waals surface area contributed by atoms with E-state index in [0.29, 0.717) is 19.6 Å². The largest absolute Gasteiger partial charge is 0.464 e. The summed E-state index contributed by atoms with van der Waals surface area (Å²) in [6, 6.07) is 3.30. The van der Waals surface area contributed by atoms with Crippen LogP contribution in [-0.2, 0) is 9.53 Å². The van der Waals surface area contributed by atoms with Crippen LogP contribution in [0.15, 0.2) is 18.2 Å². The Labute approximate surface area is 127 Å². The molecule has 7 heteroatoms. The normalized spacial score (nSPS) is 18.4. The molecule has 5 nitrogen and oxygen atoms in total. The van der Waals surface area contributed by atoms with E-state index < -0.39 is 23.7 Å². The fourth-order valence-corrected chi connectivity index (χ4v) is 2.43. The summed E-state index contributed by atoms with van der Waals surface area (Å²) in [7, 11) is 0. The van der Waals surface area contributed by atoms with Crippen LogP contribution in [0.1, 0.15) is 17.3 Å². The SMILES string of the molecule is CCOC(=O)C1CNCCN1C(=O)c1cccc(F)c1Cl. The Morgan fingerprint density at radius 3 is 3.00 bits per heavy atom. The number of hydrogen-bond acceptors (Lipinski definition) is 4. The van der Waals surface area contributed by atoms with Crippen molar-refractivity contribution in [2.24, 2.45) is 0 Å². The van der Waals surface area contributed by atoms with E-state index in [0.717, 1.165) is 0 Å². The van der Waals surface area contributed by atoms with Crippen molar-refractivity contribution in [2.75, 3.05) is 26.2 Å². The van der Waals surface area contributed by atoms with Crippen LogP contribution in [0, 0.1) is 5.82 Å². The minimum Gasteiger partial charge on any atom is -0.464 e. The third-order valence-corrected chi connectivity index (χ3v) is 3.63. The van der Waals surface area contributed by atoms with Gasteiger partial charge in [0.25, 0.3) is 5.91 Å². The summed E-state index contributed by atoms with van der Waals surface area (Å²) in [5.41, 5.74) is 0.0489. The number of nitrogens with zero attached hydrogens (tertiary/aromatic N) is 1. The number of carbonyl (C=O) groups excluding carboxylic acids is 2. The van der Waals surface area contributed by atoms with Gasteiger partial charge in [-0.15, -0.1) is 0 Å². The number of nitrogens with one attached hydrogen (secondary N) is 1. The molecular weight excluding hydrogens is 299 g/mol. The van der Waals surface area contributed by atoms with Crippen LogP contribution in [0.25, 0.3) is 0 Å². The Bertz CT molecular complexity index is 553. The van der Waals surface area contributed by atoms with Gasteiger partial charge in [-0.05, 0) is 19.1 Å². The van der Waals surface area contributed by atoms with Crippen molar-refractivity contribution in [1.82, 2.24) is 10.2 Å². The van der Waals surface area contributed by atoms with Crippen LogP contribution < -0.4 is 5.32 Å². The first kappa shape index (κ1) is 15.7. The van der Waals surface area contributed by atoms with Gasteiger partial charge in [0.05, 0.1) is 17.2 Å². The van der Waals surface area contributed by atoms with Gasteiger partial charge in [-0.25, -0.2) is 9.18 Å². The maximum atomic E-state index is 13.5. The van der Waals surface area contributed by atoms with Crippen LogP contribution in [0.3, 0.4) is 0 Å². The number of hydrogen-bond donors (Lipinski definition) is 1. The standard InChI is InChI=1S/C14H16ClFN2O3/c1-2-21-14(20)11-8-17-6-7-18(11)13(19)9-4-3-5-10(16)12(9)15/h3-5,11,17H,2,6-8H2,1H3. The molecule has 1 aliphatic rings. The zero-order valence-electron chi connectivity index (χ0n) is 11.6. The molecule has 21 heavy (non-hydrogen) atoms. The number of amides is 1. The van der Waals surface area contributed by atoms with Gasteiger partial charge < -0.3 is 15.0 Å². The molecule has 1 fully saturated rings.